The zero-order valence-corrected chi connectivity index (χ0v) is 17.2. The molecule has 4 rings (SSSR count). The molecule has 0 spiro atoms. The zero-order valence-electron chi connectivity index (χ0n) is 17.2. The molecule has 1 fully saturated rings. The lowest BCUT2D eigenvalue weighted by atomic mass is 10.2. The van der Waals surface area contributed by atoms with E-state index in [9.17, 15) is 0 Å². The molecular weight excluding hydrogens is 372 g/mol. The highest BCUT2D eigenvalue weighted by Gasteiger charge is 2.23. The lowest BCUT2D eigenvalue weighted by Crippen LogP contribution is -2.08. The van der Waals surface area contributed by atoms with Crippen LogP contribution in [0.3, 0.4) is 0 Å². The number of pyridine rings is 1. The van der Waals surface area contributed by atoms with Crippen LogP contribution in [-0.2, 0) is 0 Å². The SMILES string of the molecule is COc1ccc2c(Nc3cc(OC)c(OC)c(OC)c3)nn(C3CCCC3)c2n1. The van der Waals surface area contributed by atoms with Crippen molar-refractivity contribution in [2.24, 2.45) is 0 Å². The topological polar surface area (TPSA) is 79.7 Å². The second-order valence-corrected chi connectivity index (χ2v) is 7.00. The van der Waals surface area contributed by atoms with E-state index in [1.165, 1.54) is 12.8 Å². The Labute approximate surface area is 169 Å². The minimum absolute atomic E-state index is 0.354. The molecule has 8 nitrogen and oxygen atoms in total. The molecule has 3 aromatic rings. The van der Waals surface area contributed by atoms with Crippen molar-refractivity contribution in [1.29, 1.82) is 0 Å². The van der Waals surface area contributed by atoms with E-state index in [-0.39, 0.29) is 0 Å². The first kappa shape index (κ1) is 19.2. The Kier molecular flexibility index (Phi) is 5.33. The fraction of sp³-hybridized carbons (Fsp3) is 0.429. The number of benzene rings is 1. The van der Waals surface area contributed by atoms with Crippen LogP contribution in [0, 0.1) is 0 Å². The fourth-order valence-electron chi connectivity index (χ4n) is 3.90. The van der Waals surface area contributed by atoms with Gasteiger partial charge in [0.2, 0.25) is 11.6 Å². The molecule has 8 heteroatoms. The highest BCUT2D eigenvalue weighted by molar-refractivity contribution is 5.90. The molecule has 0 bridgehead atoms. The van der Waals surface area contributed by atoms with E-state index in [0.29, 0.717) is 29.2 Å². The molecule has 2 heterocycles. The van der Waals surface area contributed by atoms with E-state index < -0.39 is 0 Å². The fourth-order valence-corrected chi connectivity index (χ4v) is 3.90. The van der Waals surface area contributed by atoms with E-state index in [0.717, 1.165) is 35.4 Å². The number of fused-ring (bicyclic) bond motifs is 1. The van der Waals surface area contributed by atoms with Gasteiger partial charge in [-0.2, -0.15) is 10.1 Å². The third-order valence-corrected chi connectivity index (χ3v) is 5.34. The molecule has 1 aliphatic carbocycles. The molecule has 0 aliphatic heterocycles. The quantitative estimate of drug-likeness (QED) is 0.635. The number of ether oxygens (including phenoxy) is 4. The number of aromatic nitrogens is 3. The Morgan fingerprint density at radius 2 is 1.62 bits per heavy atom. The van der Waals surface area contributed by atoms with Crippen LogP contribution in [0.5, 0.6) is 23.1 Å². The summed E-state index contributed by atoms with van der Waals surface area (Å²) in [6.07, 6.45) is 4.65. The van der Waals surface area contributed by atoms with Gasteiger partial charge in [-0.25, -0.2) is 4.68 Å². The van der Waals surface area contributed by atoms with Gasteiger partial charge in [-0.1, -0.05) is 12.8 Å². The normalized spacial score (nSPS) is 14.2. The van der Waals surface area contributed by atoms with Gasteiger partial charge in [0, 0.05) is 23.9 Å². The molecule has 2 aromatic heterocycles. The minimum Gasteiger partial charge on any atom is -0.493 e. The first-order valence-electron chi connectivity index (χ1n) is 9.68. The summed E-state index contributed by atoms with van der Waals surface area (Å²) in [6, 6.07) is 7.91. The summed E-state index contributed by atoms with van der Waals surface area (Å²) < 4.78 is 23.7. The molecule has 0 radical (unpaired) electrons. The van der Waals surface area contributed by atoms with Crippen LogP contribution in [-0.4, -0.2) is 43.2 Å². The number of methoxy groups -OCH3 is 4. The summed E-state index contributed by atoms with van der Waals surface area (Å²) >= 11 is 0. The molecule has 29 heavy (non-hydrogen) atoms. The van der Waals surface area contributed by atoms with Crippen molar-refractivity contribution >= 4 is 22.5 Å². The summed E-state index contributed by atoms with van der Waals surface area (Å²) in [6.45, 7) is 0. The average molecular weight is 398 g/mol. The van der Waals surface area contributed by atoms with Crippen molar-refractivity contribution in [2.75, 3.05) is 33.8 Å². The molecule has 0 atom stereocenters. The first-order valence-corrected chi connectivity index (χ1v) is 9.68. The van der Waals surface area contributed by atoms with E-state index in [1.54, 1.807) is 28.4 Å². The lowest BCUT2D eigenvalue weighted by Gasteiger charge is -2.14. The van der Waals surface area contributed by atoms with Crippen molar-refractivity contribution in [3.63, 3.8) is 0 Å². The maximum Gasteiger partial charge on any atom is 0.214 e. The van der Waals surface area contributed by atoms with Gasteiger partial charge in [-0.15, -0.1) is 0 Å². The maximum absolute atomic E-state index is 5.46. The minimum atomic E-state index is 0.354. The van der Waals surface area contributed by atoms with E-state index in [2.05, 4.69) is 10.3 Å². The summed E-state index contributed by atoms with van der Waals surface area (Å²) in [5, 5.41) is 9.21. The Balaban J connectivity index is 1.78. The van der Waals surface area contributed by atoms with Gasteiger partial charge in [-0.05, 0) is 18.9 Å². The second-order valence-electron chi connectivity index (χ2n) is 7.00. The molecule has 0 unspecified atom stereocenters. The first-order chi connectivity index (χ1) is 14.2. The highest BCUT2D eigenvalue weighted by Crippen LogP contribution is 2.41. The van der Waals surface area contributed by atoms with Crippen LogP contribution >= 0.6 is 0 Å². The number of nitrogens with one attached hydrogen (secondary N) is 1. The lowest BCUT2D eigenvalue weighted by molar-refractivity contribution is 0.324. The van der Waals surface area contributed by atoms with Crippen molar-refractivity contribution in [1.82, 2.24) is 14.8 Å². The predicted octanol–water partition coefficient (Wildman–Crippen LogP) is 4.32. The van der Waals surface area contributed by atoms with Gasteiger partial charge in [0.25, 0.3) is 0 Å². The molecule has 154 valence electrons. The van der Waals surface area contributed by atoms with Gasteiger partial charge in [0.15, 0.2) is 23.0 Å². The Morgan fingerprint density at radius 3 is 2.21 bits per heavy atom. The number of hydrogen-bond donors (Lipinski definition) is 1. The van der Waals surface area contributed by atoms with Crippen LogP contribution in [0.15, 0.2) is 24.3 Å². The van der Waals surface area contributed by atoms with Crippen LogP contribution in [0.25, 0.3) is 11.0 Å². The molecule has 1 saturated carbocycles. The van der Waals surface area contributed by atoms with Gasteiger partial charge in [0.1, 0.15) is 0 Å². The summed E-state index contributed by atoms with van der Waals surface area (Å²) in [4.78, 5) is 4.66. The largest absolute Gasteiger partial charge is 0.493 e. The number of anilines is 2. The Bertz CT molecular complexity index is 986. The predicted molar refractivity (Wildman–Crippen MR) is 111 cm³/mol. The zero-order chi connectivity index (χ0) is 20.4. The van der Waals surface area contributed by atoms with Crippen LogP contribution in [0.1, 0.15) is 31.7 Å². The standard InChI is InChI=1S/C21H26N4O4/c1-26-16-11-13(12-17(27-2)19(16)29-4)22-20-15-9-10-18(28-3)23-21(15)25(24-20)14-7-5-6-8-14/h9-12,14H,5-8H2,1-4H3,(H,22,24). The Morgan fingerprint density at radius 1 is 0.931 bits per heavy atom. The number of hydrogen-bond acceptors (Lipinski definition) is 7. The van der Waals surface area contributed by atoms with Crippen LogP contribution < -0.4 is 24.3 Å². The number of rotatable bonds is 7. The third kappa shape index (κ3) is 3.50. The van der Waals surface area contributed by atoms with E-state index in [4.69, 9.17) is 24.0 Å². The van der Waals surface area contributed by atoms with Gasteiger partial charge < -0.3 is 24.3 Å². The Hall–Kier alpha value is -3.16. The molecule has 1 aliphatic rings. The van der Waals surface area contributed by atoms with E-state index in [1.807, 2.05) is 28.9 Å². The van der Waals surface area contributed by atoms with Crippen molar-refractivity contribution in [3.05, 3.63) is 24.3 Å². The van der Waals surface area contributed by atoms with Crippen molar-refractivity contribution in [2.45, 2.75) is 31.7 Å². The summed E-state index contributed by atoms with van der Waals surface area (Å²) in [7, 11) is 6.41. The van der Waals surface area contributed by atoms with Gasteiger partial charge in [-0.3, -0.25) is 0 Å². The molecule has 0 saturated heterocycles. The van der Waals surface area contributed by atoms with Crippen molar-refractivity contribution in [3.8, 4) is 23.1 Å². The third-order valence-electron chi connectivity index (χ3n) is 5.34. The smallest absolute Gasteiger partial charge is 0.214 e. The van der Waals surface area contributed by atoms with E-state index >= 15 is 0 Å². The highest BCUT2D eigenvalue weighted by atomic mass is 16.5. The molecule has 1 aromatic carbocycles. The van der Waals surface area contributed by atoms with Crippen LogP contribution in [0.4, 0.5) is 11.5 Å². The maximum atomic E-state index is 5.46. The second kappa shape index (κ2) is 8.06. The number of nitrogens with zero attached hydrogens (tertiary/aromatic N) is 3. The van der Waals surface area contributed by atoms with Gasteiger partial charge in [0.05, 0.1) is 39.9 Å². The monoisotopic (exact) mass is 398 g/mol. The van der Waals surface area contributed by atoms with Crippen LogP contribution in [0.2, 0.25) is 0 Å². The molecular formula is C21H26N4O4. The summed E-state index contributed by atoms with van der Waals surface area (Å²) in [5.74, 6) is 3.02. The average Bonchev–Trinajstić information content (AvgIpc) is 3.40. The molecule has 1 N–H and O–H groups in total. The van der Waals surface area contributed by atoms with Crippen molar-refractivity contribution < 1.29 is 18.9 Å². The molecule has 0 amide bonds. The summed E-state index contributed by atoms with van der Waals surface area (Å²) in [5.41, 5.74) is 1.61. The van der Waals surface area contributed by atoms with Gasteiger partial charge >= 0.3 is 0 Å².